The van der Waals surface area contributed by atoms with Crippen LogP contribution in [-0.4, -0.2) is 29.4 Å². The molecule has 4 rings (SSSR count). The van der Waals surface area contributed by atoms with Crippen molar-refractivity contribution in [3.05, 3.63) is 11.6 Å². The minimum absolute atomic E-state index is 0.0894. The summed E-state index contributed by atoms with van der Waals surface area (Å²) in [6.45, 7) is 4.83. The first kappa shape index (κ1) is 21.5. The highest BCUT2D eigenvalue weighted by molar-refractivity contribution is 8.13. The molecule has 4 aliphatic carbocycles. The third kappa shape index (κ3) is 2.75. The molecular formula is C23H34Cl2O2S. The van der Waals surface area contributed by atoms with Crippen molar-refractivity contribution in [3.63, 3.8) is 0 Å². The third-order valence-electron chi connectivity index (χ3n) is 9.57. The van der Waals surface area contributed by atoms with Crippen molar-refractivity contribution in [1.82, 2.24) is 0 Å². The molecule has 0 aromatic rings. The van der Waals surface area contributed by atoms with E-state index in [0.717, 1.165) is 38.5 Å². The van der Waals surface area contributed by atoms with Gasteiger partial charge in [-0.1, -0.05) is 37.3 Å². The van der Waals surface area contributed by atoms with Crippen LogP contribution in [0.1, 0.15) is 65.2 Å². The van der Waals surface area contributed by atoms with Gasteiger partial charge in [0.05, 0.1) is 11.5 Å². The van der Waals surface area contributed by atoms with Gasteiger partial charge in [-0.2, -0.15) is 0 Å². The molecule has 0 aromatic heterocycles. The Bertz CT molecular complexity index is 680. The number of carbonyl (C=O) groups is 1. The zero-order valence-electron chi connectivity index (χ0n) is 17.6. The second-order valence-electron chi connectivity index (χ2n) is 10.1. The predicted octanol–water partition coefficient (Wildman–Crippen LogP) is 6.64. The molecule has 0 bridgehead atoms. The first-order chi connectivity index (χ1) is 13.2. The summed E-state index contributed by atoms with van der Waals surface area (Å²) in [5.74, 6) is 1.90. The van der Waals surface area contributed by atoms with Crippen LogP contribution in [-0.2, 0) is 9.53 Å². The molecule has 0 N–H and O–H groups in total. The molecule has 3 fully saturated rings. The minimum Gasteiger partial charge on any atom is -0.381 e. The quantitative estimate of drug-likeness (QED) is 0.360. The van der Waals surface area contributed by atoms with Gasteiger partial charge in [0, 0.05) is 7.11 Å². The lowest BCUT2D eigenvalue weighted by Crippen LogP contribution is -2.55. The standard InChI is InChI=1S/C23H34Cl2O2S/c1-21-10-7-15(27-3)13-14(21)5-6-16-17(21)8-11-22(2)18(16)9-12-23(22,19(24)25)20(26)28-4/h5,15-19H,6-13H2,1-4H3/t15-,16?,17?,18?,21-,22-,23-/m0/s1. The molecule has 5 heteroatoms. The monoisotopic (exact) mass is 444 g/mol. The summed E-state index contributed by atoms with van der Waals surface area (Å²) in [7, 11) is 1.85. The van der Waals surface area contributed by atoms with Crippen LogP contribution in [0.5, 0.6) is 0 Å². The summed E-state index contributed by atoms with van der Waals surface area (Å²) in [5, 5.41) is 0.199. The van der Waals surface area contributed by atoms with E-state index in [1.165, 1.54) is 24.6 Å². The molecule has 4 aliphatic rings. The van der Waals surface area contributed by atoms with Crippen LogP contribution >= 0.6 is 35.0 Å². The number of hydrogen-bond acceptors (Lipinski definition) is 3. The van der Waals surface area contributed by atoms with Crippen LogP contribution in [0, 0.1) is 34.0 Å². The van der Waals surface area contributed by atoms with Crippen LogP contribution < -0.4 is 0 Å². The molecule has 158 valence electrons. The Hall–Kier alpha value is 0.300. The van der Waals surface area contributed by atoms with E-state index >= 15 is 0 Å². The van der Waals surface area contributed by atoms with E-state index in [4.69, 9.17) is 27.9 Å². The zero-order chi connectivity index (χ0) is 20.3. The maximum absolute atomic E-state index is 13.1. The van der Waals surface area contributed by atoms with Crippen LogP contribution in [0.25, 0.3) is 0 Å². The summed E-state index contributed by atoms with van der Waals surface area (Å²) in [4.78, 5) is 12.5. The molecule has 3 unspecified atom stereocenters. The van der Waals surface area contributed by atoms with Crippen molar-refractivity contribution >= 4 is 40.1 Å². The SMILES string of the molecule is CO[C@H]1CC[C@@]2(C)C(=CCC3C2CC[C@@]2(C)C3CC[C@@]2(C(=O)SC)C(Cl)Cl)C1. The number of allylic oxidation sites excluding steroid dienone is 1. The summed E-state index contributed by atoms with van der Waals surface area (Å²) in [5.41, 5.74) is 1.25. The minimum atomic E-state index is -0.624. The Balaban J connectivity index is 1.69. The molecule has 0 aliphatic heterocycles. The fourth-order valence-electron chi connectivity index (χ4n) is 7.87. The van der Waals surface area contributed by atoms with Crippen LogP contribution in [0.3, 0.4) is 0 Å². The lowest BCUT2D eigenvalue weighted by Gasteiger charge is -2.59. The number of ether oxygens (including phenoxy) is 1. The molecule has 7 atom stereocenters. The number of hydrogen-bond donors (Lipinski definition) is 0. The second-order valence-corrected chi connectivity index (χ2v) is 12.0. The fourth-order valence-corrected chi connectivity index (χ4v) is 9.73. The summed E-state index contributed by atoms with van der Waals surface area (Å²) >= 11 is 14.5. The van der Waals surface area contributed by atoms with E-state index in [0.29, 0.717) is 29.3 Å². The molecule has 0 aromatic carbocycles. The Morgan fingerprint density at radius 3 is 2.54 bits per heavy atom. The third-order valence-corrected chi connectivity index (χ3v) is 11.1. The van der Waals surface area contributed by atoms with E-state index in [2.05, 4.69) is 19.9 Å². The van der Waals surface area contributed by atoms with Gasteiger partial charge in [0.25, 0.3) is 0 Å². The van der Waals surface area contributed by atoms with Crippen LogP contribution in [0.4, 0.5) is 0 Å². The van der Waals surface area contributed by atoms with Gasteiger partial charge in [-0.05, 0) is 86.2 Å². The van der Waals surface area contributed by atoms with Gasteiger partial charge >= 0.3 is 0 Å². The Morgan fingerprint density at radius 2 is 1.89 bits per heavy atom. The van der Waals surface area contributed by atoms with E-state index < -0.39 is 10.3 Å². The van der Waals surface area contributed by atoms with Crippen molar-refractivity contribution in [2.45, 2.75) is 76.2 Å². The predicted molar refractivity (Wildman–Crippen MR) is 119 cm³/mol. The Kier molecular flexibility index (Phi) is 5.74. The number of alkyl halides is 2. The number of carbonyl (C=O) groups excluding carboxylic acids is 1. The van der Waals surface area contributed by atoms with Gasteiger partial charge in [0.15, 0.2) is 5.12 Å². The molecule has 0 spiro atoms. The van der Waals surface area contributed by atoms with Gasteiger partial charge in [-0.25, -0.2) is 0 Å². The summed E-state index contributed by atoms with van der Waals surface area (Å²) in [6.07, 6.45) is 13.6. The molecule has 0 heterocycles. The molecule has 2 nitrogen and oxygen atoms in total. The van der Waals surface area contributed by atoms with E-state index in [1.54, 1.807) is 5.57 Å². The Morgan fingerprint density at radius 1 is 1.18 bits per heavy atom. The molecule has 28 heavy (non-hydrogen) atoms. The summed E-state index contributed by atoms with van der Waals surface area (Å²) in [6, 6.07) is 0. The first-order valence-corrected chi connectivity index (χ1v) is 12.9. The van der Waals surface area contributed by atoms with Gasteiger partial charge in [0.2, 0.25) is 0 Å². The number of fused-ring (bicyclic) bond motifs is 5. The smallest absolute Gasteiger partial charge is 0.198 e. The fraction of sp³-hybridized carbons (Fsp3) is 0.870. The highest BCUT2D eigenvalue weighted by atomic mass is 35.5. The van der Waals surface area contributed by atoms with Crippen molar-refractivity contribution < 1.29 is 9.53 Å². The van der Waals surface area contributed by atoms with Crippen molar-refractivity contribution in [3.8, 4) is 0 Å². The normalized spacial score (nSPS) is 47.9. The highest BCUT2D eigenvalue weighted by Gasteiger charge is 2.68. The highest BCUT2D eigenvalue weighted by Crippen LogP contribution is 2.71. The van der Waals surface area contributed by atoms with Crippen molar-refractivity contribution in [2.24, 2.45) is 34.0 Å². The zero-order valence-corrected chi connectivity index (χ0v) is 19.9. The average molecular weight is 445 g/mol. The lowest BCUT2D eigenvalue weighted by molar-refractivity contribution is -0.131. The largest absolute Gasteiger partial charge is 0.381 e. The molecule has 0 saturated heterocycles. The van der Waals surface area contributed by atoms with Gasteiger partial charge in [-0.3, -0.25) is 4.79 Å². The number of halogens is 2. The molecular weight excluding hydrogens is 411 g/mol. The number of rotatable bonds is 3. The van der Waals surface area contributed by atoms with Crippen molar-refractivity contribution in [1.29, 1.82) is 0 Å². The maximum Gasteiger partial charge on any atom is 0.198 e. The van der Waals surface area contributed by atoms with Gasteiger partial charge < -0.3 is 4.74 Å². The summed E-state index contributed by atoms with van der Waals surface area (Å²) < 4.78 is 5.69. The van der Waals surface area contributed by atoms with Gasteiger partial charge in [0.1, 0.15) is 4.84 Å². The van der Waals surface area contributed by atoms with Crippen molar-refractivity contribution in [2.75, 3.05) is 13.4 Å². The topological polar surface area (TPSA) is 26.3 Å². The first-order valence-electron chi connectivity index (χ1n) is 10.8. The van der Waals surface area contributed by atoms with Crippen LogP contribution in [0.15, 0.2) is 11.6 Å². The second kappa shape index (κ2) is 7.46. The Labute approximate surface area is 184 Å². The lowest BCUT2D eigenvalue weighted by atomic mass is 9.46. The maximum atomic E-state index is 13.1. The number of methoxy groups -OCH3 is 1. The average Bonchev–Trinajstić information content (AvgIpc) is 3.00. The molecule has 3 saturated carbocycles. The van der Waals surface area contributed by atoms with E-state index in [9.17, 15) is 4.79 Å². The van der Waals surface area contributed by atoms with E-state index in [1.807, 2.05) is 13.4 Å². The van der Waals surface area contributed by atoms with E-state index in [-0.39, 0.29) is 10.5 Å². The molecule has 0 radical (unpaired) electrons. The van der Waals surface area contributed by atoms with Gasteiger partial charge in [-0.15, -0.1) is 23.2 Å². The molecule has 0 amide bonds. The number of thioether (sulfide) groups is 1. The van der Waals surface area contributed by atoms with Crippen LogP contribution in [0.2, 0.25) is 0 Å².